The molecule has 2 aliphatic carbocycles. The second kappa shape index (κ2) is 12.5. The summed E-state index contributed by atoms with van der Waals surface area (Å²) in [6.45, 7) is 5.85. The summed E-state index contributed by atoms with van der Waals surface area (Å²) in [6.07, 6.45) is 14.9. The van der Waals surface area contributed by atoms with Crippen molar-refractivity contribution in [2.75, 3.05) is 13.2 Å². The highest BCUT2D eigenvalue weighted by molar-refractivity contribution is 5.81. The summed E-state index contributed by atoms with van der Waals surface area (Å²) < 4.78 is 24.7. The lowest BCUT2D eigenvalue weighted by atomic mass is 9.89. The van der Waals surface area contributed by atoms with Gasteiger partial charge in [0.15, 0.2) is 12.6 Å². The number of hydrogen-bond acceptors (Lipinski definition) is 5. The van der Waals surface area contributed by atoms with Crippen molar-refractivity contribution in [3.8, 4) is 11.8 Å². The number of fused-ring (bicyclic) bond motifs is 1. The van der Waals surface area contributed by atoms with E-state index in [1.165, 1.54) is 0 Å². The van der Waals surface area contributed by atoms with Crippen LogP contribution in [0.15, 0.2) is 12.2 Å². The SMILES string of the molecule is CCC#CCC(C)[C@@H](/C=C/[C@@H]1[C@H]2CC(=O)C[C@H]2C[C@H]1OC1CCCCO1)OC1CCCCO1. The van der Waals surface area contributed by atoms with Gasteiger partial charge in [0.05, 0.1) is 12.2 Å². The number of rotatable bonds is 8. The zero-order chi connectivity index (χ0) is 23.0. The van der Waals surface area contributed by atoms with E-state index < -0.39 is 0 Å². The Morgan fingerprint density at radius 2 is 1.82 bits per heavy atom. The van der Waals surface area contributed by atoms with E-state index in [0.29, 0.717) is 30.5 Å². The molecule has 0 aromatic rings. The molecule has 33 heavy (non-hydrogen) atoms. The molecule has 0 radical (unpaired) electrons. The van der Waals surface area contributed by atoms with Crippen molar-refractivity contribution >= 4 is 5.78 Å². The van der Waals surface area contributed by atoms with E-state index in [9.17, 15) is 4.79 Å². The molecule has 2 heterocycles. The normalized spacial score (nSPS) is 36.4. The van der Waals surface area contributed by atoms with Crippen molar-refractivity contribution in [2.45, 2.75) is 109 Å². The minimum Gasteiger partial charge on any atom is -0.353 e. The second-order valence-electron chi connectivity index (χ2n) is 10.3. The van der Waals surface area contributed by atoms with Crippen molar-refractivity contribution in [3.63, 3.8) is 0 Å². The van der Waals surface area contributed by atoms with Gasteiger partial charge in [-0.3, -0.25) is 4.79 Å². The molecule has 0 bridgehead atoms. The maximum Gasteiger partial charge on any atom is 0.158 e. The van der Waals surface area contributed by atoms with Gasteiger partial charge in [-0.05, 0) is 62.7 Å². The van der Waals surface area contributed by atoms with Gasteiger partial charge in [0.25, 0.3) is 0 Å². The van der Waals surface area contributed by atoms with Gasteiger partial charge in [-0.15, -0.1) is 11.8 Å². The average Bonchev–Trinajstić information content (AvgIpc) is 3.33. The molecule has 5 nitrogen and oxygen atoms in total. The van der Waals surface area contributed by atoms with Crippen LogP contribution in [0.2, 0.25) is 0 Å². The van der Waals surface area contributed by atoms with E-state index in [0.717, 1.165) is 71.0 Å². The monoisotopic (exact) mass is 458 g/mol. The predicted molar refractivity (Wildman–Crippen MR) is 127 cm³/mol. The van der Waals surface area contributed by atoms with Gasteiger partial charge in [0, 0.05) is 44.8 Å². The first-order chi connectivity index (χ1) is 16.1. The molecule has 0 aromatic heterocycles. The molecule has 4 fully saturated rings. The highest BCUT2D eigenvalue weighted by atomic mass is 16.7. The fraction of sp³-hybridized carbons (Fsp3) is 0.821. The summed E-state index contributed by atoms with van der Waals surface area (Å²) in [5.74, 6) is 8.22. The zero-order valence-corrected chi connectivity index (χ0v) is 20.5. The van der Waals surface area contributed by atoms with Crippen LogP contribution in [-0.4, -0.2) is 43.8 Å². The molecule has 0 amide bonds. The molecule has 0 aromatic carbocycles. The summed E-state index contributed by atoms with van der Waals surface area (Å²) in [4.78, 5) is 12.2. The van der Waals surface area contributed by atoms with Gasteiger partial charge in [-0.2, -0.15) is 0 Å². The number of hydrogen-bond donors (Lipinski definition) is 0. The highest BCUT2D eigenvalue weighted by Crippen LogP contribution is 2.48. The fourth-order valence-electron chi connectivity index (χ4n) is 5.90. The summed E-state index contributed by atoms with van der Waals surface area (Å²) in [5.41, 5.74) is 0. The Bertz CT molecular complexity index is 710. The molecule has 3 unspecified atom stereocenters. The van der Waals surface area contributed by atoms with E-state index in [-0.39, 0.29) is 36.6 Å². The first-order valence-corrected chi connectivity index (χ1v) is 13.3. The third-order valence-electron chi connectivity index (χ3n) is 7.74. The minimum atomic E-state index is -0.137. The number of ether oxygens (including phenoxy) is 4. The molecule has 2 saturated heterocycles. The van der Waals surface area contributed by atoms with Gasteiger partial charge in [0.1, 0.15) is 5.78 Å². The number of carbonyl (C=O) groups is 1. The Hall–Kier alpha value is -1.19. The largest absolute Gasteiger partial charge is 0.353 e. The topological polar surface area (TPSA) is 54.0 Å². The standard InChI is InChI=1S/C28H42O5/c1-3-4-5-10-20(2)25(32-27-11-6-8-15-30-27)14-13-23-24-19-22(29)17-21(24)18-26(23)33-28-12-7-9-16-31-28/h13-14,20-21,23-28H,3,6-12,15-19H2,1-2H3/b14-13+/t20?,21-,23+,24-,25+,26+,27?,28?/m0/s1. The smallest absolute Gasteiger partial charge is 0.158 e. The van der Waals surface area contributed by atoms with Crippen LogP contribution in [0, 0.1) is 35.5 Å². The Balaban J connectivity index is 1.46. The van der Waals surface area contributed by atoms with Crippen LogP contribution in [0.5, 0.6) is 0 Å². The molecule has 184 valence electrons. The van der Waals surface area contributed by atoms with Gasteiger partial charge < -0.3 is 18.9 Å². The second-order valence-corrected chi connectivity index (χ2v) is 10.3. The van der Waals surface area contributed by atoms with E-state index in [4.69, 9.17) is 18.9 Å². The summed E-state index contributed by atoms with van der Waals surface area (Å²) in [6, 6.07) is 0. The lowest BCUT2D eigenvalue weighted by Crippen LogP contribution is -2.32. The summed E-state index contributed by atoms with van der Waals surface area (Å²) >= 11 is 0. The Morgan fingerprint density at radius 3 is 2.52 bits per heavy atom. The molecular weight excluding hydrogens is 416 g/mol. The molecule has 8 atom stereocenters. The van der Waals surface area contributed by atoms with Crippen LogP contribution in [0.3, 0.4) is 0 Å². The third-order valence-corrected chi connectivity index (χ3v) is 7.74. The number of ketones is 1. The van der Waals surface area contributed by atoms with Crippen LogP contribution >= 0.6 is 0 Å². The van der Waals surface area contributed by atoms with Crippen molar-refractivity contribution < 1.29 is 23.7 Å². The lowest BCUT2D eigenvalue weighted by molar-refractivity contribution is -0.193. The van der Waals surface area contributed by atoms with Crippen molar-refractivity contribution in [1.82, 2.24) is 0 Å². The van der Waals surface area contributed by atoms with Crippen LogP contribution < -0.4 is 0 Å². The van der Waals surface area contributed by atoms with Gasteiger partial charge in [-0.25, -0.2) is 0 Å². The van der Waals surface area contributed by atoms with Crippen molar-refractivity contribution in [3.05, 3.63) is 12.2 Å². The minimum absolute atomic E-state index is 0.0537. The van der Waals surface area contributed by atoms with E-state index in [1.54, 1.807) is 0 Å². The summed E-state index contributed by atoms with van der Waals surface area (Å²) in [5, 5.41) is 0. The van der Waals surface area contributed by atoms with Crippen molar-refractivity contribution in [1.29, 1.82) is 0 Å². The van der Waals surface area contributed by atoms with Crippen LogP contribution in [0.25, 0.3) is 0 Å². The van der Waals surface area contributed by atoms with Gasteiger partial charge in [0.2, 0.25) is 0 Å². The van der Waals surface area contributed by atoms with Gasteiger partial charge in [-0.1, -0.05) is 26.0 Å². The molecule has 0 N–H and O–H groups in total. The quantitative estimate of drug-likeness (QED) is 0.359. The Kier molecular flexibility index (Phi) is 9.44. The maximum atomic E-state index is 12.2. The highest BCUT2D eigenvalue weighted by Gasteiger charge is 2.48. The Morgan fingerprint density at radius 1 is 1.06 bits per heavy atom. The average molecular weight is 459 g/mol. The summed E-state index contributed by atoms with van der Waals surface area (Å²) in [7, 11) is 0. The molecule has 5 heteroatoms. The van der Waals surface area contributed by atoms with Crippen LogP contribution in [0.1, 0.15) is 84.5 Å². The molecule has 0 spiro atoms. The molecule has 4 rings (SSSR count). The Labute approximate surface area is 199 Å². The number of Topliss-reactive ketones (excluding diaryl/α,β-unsaturated/α-hetero) is 1. The van der Waals surface area contributed by atoms with Gasteiger partial charge >= 0.3 is 0 Å². The van der Waals surface area contributed by atoms with E-state index in [2.05, 4.69) is 37.8 Å². The third kappa shape index (κ3) is 6.92. The lowest BCUT2D eigenvalue weighted by Gasteiger charge is -2.31. The van der Waals surface area contributed by atoms with Crippen LogP contribution in [-0.2, 0) is 23.7 Å². The molecule has 2 aliphatic heterocycles. The van der Waals surface area contributed by atoms with Crippen molar-refractivity contribution in [2.24, 2.45) is 23.7 Å². The molecule has 4 aliphatic rings. The fourth-order valence-corrected chi connectivity index (χ4v) is 5.90. The van der Waals surface area contributed by atoms with Crippen LogP contribution in [0.4, 0.5) is 0 Å². The van der Waals surface area contributed by atoms with E-state index in [1.807, 2.05) is 0 Å². The van der Waals surface area contributed by atoms with E-state index >= 15 is 0 Å². The zero-order valence-electron chi connectivity index (χ0n) is 20.5. The first-order valence-electron chi connectivity index (χ1n) is 13.3. The number of carbonyl (C=O) groups excluding carboxylic acids is 1. The molecular formula is C28H42O5. The molecule has 2 saturated carbocycles. The predicted octanol–water partition coefficient (Wildman–Crippen LogP) is 5.42. The maximum absolute atomic E-state index is 12.2. The first kappa shape index (κ1) is 24.9.